The monoisotopic (exact) mass is 342 g/mol. The molecule has 0 aliphatic heterocycles. The van der Waals surface area contributed by atoms with Crippen molar-refractivity contribution in [1.29, 1.82) is 0 Å². The van der Waals surface area contributed by atoms with Crippen LogP contribution in [-0.4, -0.2) is 15.7 Å². The van der Waals surface area contributed by atoms with Crippen LogP contribution in [0, 0.1) is 17.0 Å². The summed E-state index contributed by atoms with van der Waals surface area (Å²) in [4.78, 5) is 11.1. The Balaban J connectivity index is 1.84. The highest BCUT2D eigenvalue weighted by Crippen LogP contribution is 2.11. The molecule has 0 aliphatic carbocycles. The number of thiazole rings is 1. The van der Waals surface area contributed by atoms with E-state index in [2.05, 4.69) is 10.2 Å². The van der Waals surface area contributed by atoms with Crippen LogP contribution < -0.4 is 4.80 Å². The van der Waals surface area contributed by atoms with Gasteiger partial charge in [-0.15, -0.1) is 16.4 Å². The fourth-order valence-electron chi connectivity index (χ4n) is 2.11. The molecule has 0 unspecified atom stereocenters. The number of hydrogen-bond acceptors (Lipinski definition) is 6. The number of nitro groups is 1. The van der Waals surface area contributed by atoms with Crippen LogP contribution in [0.15, 0.2) is 62.7 Å². The van der Waals surface area contributed by atoms with Gasteiger partial charge in [0.1, 0.15) is 5.76 Å². The van der Waals surface area contributed by atoms with Gasteiger partial charge in [-0.25, -0.2) is 0 Å². The lowest BCUT2D eigenvalue weighted by atomic mass is 10.2. The summed E-state index contributed by atoms with van der Waals surface area (Å²) < 4.78 is 7.36. The zero-order valence-corrected chi connectivity index (χ0v) is 13.6. The van der Waals surface area contributed by atoms with Crippen LogP contribution in [-0.2, 0) is 6.54 Å². The second kappa shape index (κ2) is 7.05. The number of nitro benzene ring substituents is 1. The molecule has 0 radical (unpaired) electrons. The van der Waals surface area contributed by atoms with Crippen molar-refractivity contribution in [2.45, 2.75) is 13.5 Å². The third-order valence-electron chi connectivity index (χ3n) is 3.32. The molecule has 0 bridgehead atoms. The van der Waals surface area contributed by atoms with Gasteiger partial charge < -0.3 is 8.98 Å². The number of hydrogen-bond donors (Lipinski definition) is 0. The molecule has 24 heavy (non-hydrogen) atoms. The average Bonchev–Trinajstić information content (AvgIpc) is 3.20. The normalized spacial score (nSPS) is 12.1. The van der Waals surface area contributed by atoms with E-state index in [1.807, 2.05) is 29.0 Å². The van der Waals surface area contributed by atoms with Gasteiger partial charge in [0.25, 0.3) is 5.69 Å². The second-order valence-electron chi connectivity index (χ2n) is 5.02. The minimum atomic E-state index is -0.436. The maximum atomic E-state index is 10.8. The van der Waals surface area contributed by atoms with E-state index >= 15 is 0 Å². The summed E-state index contributed by atoms with van der Waals surface area (Å²) >= 11 is 1.47. The standard InChI is InChI=1S/C16H14N4O3S/c1-12-11-24-16(19(12)10-15-6-3-7-23-15)18-17-9-13-4-2-5-14(8-13)20(21)22/h2-9,11H,10H2,1H3/b17-9-,18-16+. The Hall–Kier alpha value is -3.00. The molecule has 3 aromatic rings. The molecular formula is C16H14N4O3S. The van der Waals surface area contributed by atoms with Crippen molar-refractivity contribution in [1.82, 2.24) is 4.57 Å². The summed E-state index contributed by atoms with van der Waals surface area (Å²) in [6.45, 7) is 2.57. The molecule has 0 atom stereocenters. The summed E-state index contributed by atoms with van der Waals surface area (Å²) in [6.07, 6.45) is 3.13. The molecule has 0 amide bonds. The van der Waals surface area contributed by atoms with Crippen LogP contribution in [0.2, 0.25) is 0 Å². The molecule has 0 saturated heterocycles. The van der Waals surface area contributed by atoms with Crippen molar-refractivity contribution in [3.8, 4) is 0 Å². The predicted octanol–water partition coefficient (Wildman–Crippen LogP) is 3.34. The van der Waals surface area contributed by atoms with E-state index in [-0.39, 0.29) is 5.69 Å². The Labute approximate surface area is 141 Å². The molecule has 2 aromatic heterocycles. The van der Waals surface area contributed by atoms with Crippen LogP contribution in [0.1, 0.15) is 17.0 Å². The lowest BCUT2D eigenvalue weighted by Gasteiger charge is -2.02. The predicted molar refractivity (Wildman–Crippen MR) is 91.1 cm³/mol. The number of non-ortho nitro benzene ring substituents is 1. The SMILES string of the molecule is Cc1cs/c(=N/N=C\c2cccc([N+](=O)[O-])c2)n1Cc1ccco1. The first kappa shape index (κ1) is 15.9. The summed E-state index contributed by atoms with van der Waals surface area (Å²) in [5.74, 6) is 0.834. The van der Waals surface area contributed by atoms with E-state index < -0.39 is 4.92 Å². The topological polar surface area (TPSA) is 85.9 Å². The van der Waals surface area contributed by atoms with E-state index in [0.717, 1.165) is 16.3 Å². The third-order valence-corrected chi connectivity index (χ3v) is 4.29. The van der Waals surface area contributed by atoms with Crippen LogP contribution in [0.3, 0.4) is 0 Å². The smallest absolute Gasteiger partial charge is 0.270 e. The van der Waals surface area contributed by atoms with Gasteiger partial charge in [-0.2, -0.15) is 5.10 Å². The summed E-state index contributed by atoms with van der Waals surface area (Å²) in [7, 11) is 0. The zero-order valence-electron chi connectivity index (χ0n) is 12.8. The highest BCUT2D eigenvalue weighted by Gasteiger charge is 2.05. The maximum absolute atomic E-state index is 10.8. The molecule has 0 saturated carbocycles. The quantitative estimate of drug-likeness (QED) is 0.405. The Morgan fingerprint density at radius 1 is 1.38 bits per heavy atom. The molecule has 0 N–H and O–H groups in total. The van der Waals surface area contributed by atoms with Gasteiger partial charge in [0.05, 0.1) is 23.9 Å². The molecule has 0 fully saturated rings. The van der Waals surface area contributed by atoms with E-state index in [4.69, 9.17) is 4.42 Å². The lowest BCUT2D eigenvalue weighted by molar-refractivity contribution is -0.384. The summed E-state index contributed by atoms with van der Waals surface area (Å²) in [5, 5.41) is 21.0. The lowest BCUT2D eigenvalue weighted by Crippen LogP contribution is -2.16. The molecule has 8 heteroatoms. The number of benzene rings is 1. The third kappa shape index (κ3) is 3.66. The number of rotatable bonds is 5. The van der Waals surface area contributed by atoms with Gasteiger partial charge in [-0.1, -0.05) is 12.1 Å². The minimum absolute atomic E-state index is 0.0267. The first-order valence-corrected chi connectivity index (χ1v) is 8.00. The van der Waals surface area contributed by atoms with Crippen molar-refractivity contribution >= 4 is 23.2 Å². The first-order chi connectivity index (χ1) is 11.6. The fraction of sp³-hybridized carbons (Fsp3) is 0.125. The zero-order chi connectivity index (χ0) is 16.9. The van der Waals surface area contributed by atoms with Gasteiger partial charge in [0, 0.05) is 28.8 Å². The molecule has 1 aromatic carbocycles. The van der Waals surface area contributed by atoms with Gasteiger partial charge >= 0.3 is 0 Å². The van der Waals surface area contributed by atoms with Gasteiger partial charge in [0.15, 0.2) is 0 Å². The molecule has 3 rings (SSSR count). The number of aromatic nitrogens is 1. The van der Waals surface area contributed by atoms with Crippen LogP contribution in [0.25, 0.3) is 0 Å². The summed E-state index contributed by atoms with van der Waals surface area (Å²) in [6, 6.07) is 9.99. The van der Waals surface area contributed by atoms with Crippen LogP contribution in [0.4, 0.5) is 5.69 Å². The summed E-state index contributed by atoms with van der Waals surface area (Å²) in [5.41, 5.74) is 1.71. The Kier molecular flexibility index (Phi) is 4.66. The highest BCUT2D eigenvalue weighted by atomic mass is 32.1. The number of aryl methyl sites for hydroxylation is 1. The number of nitrogens with zero attached hydrogens (tertiary/aromatic N) is 4. The Bertz CT molecular complexity index is 938. The van der Waals surface area contributed by atoms with Crippen molar-refractivity contribution in [2.24, 2.45) is 10.2 Å². The molecule has 122 valence electrons. The fourth-order valence-corrected chi connectivity index (χ4v) is 2.94. The van der Waals surface area contributed by atoms with Crippen molar-refractivity contribution in [3.63, 3.8) is 0 Å². The van der Waals surface area contributed by atoms with Gasteiger partial charge in [-0.3, -0.25) is 10.1 Å². The molecule has 7 nitrogen and oxygen atoms in total. The van der Waals surface area contributed by atoms with Crippen molar-refractivity contribution in [2.75, 3.05) is 0 Å². The molecule has 2 heterocycles. The van der Waals surface area contributed by atoms with E-state index in [0.29, 0.717) is 12.1 Å². The van der Waals surface area contributed by atoms with E-state index in [1.165, 1.54) is 29.7 Å². The highest BCUT2D eigenvalue weighted by molar-refractivity contribution is 7.07. The Morgan fingerprint density at radius 2 is 2.25 bits per heavy atom. The second-order valence-corrected chi connectivity index (χ2v) is 5.86. The molecule has 0 spiro atoms. The van der Waals surface area contributed by atoms with Gasteiger partial charge in [-0.05, 0) is 19.1 Å². The molecule has 0 aliphatic rings. The van der Waals surface area contributed by atoms with Gasteiger partial charge in [0.2, 0.25) is 4.80 Å². The minimum Gasteiger partial charge on any atom is -0.467 e. The molecular weight excluding hydrogens is 328 g/mol. The van der Waals surface area contributed by atoms with E-state index in [9.17, 15) is 10.1 Å². The first-order valence-electron chi connectivity index (χ1n) is 7.12. The van der Waals surface area contributed by atoms with Crippen molar-refractivity contribution in [3.05, 3.63) is 80.0 Å². The number of furan rings is 1. The maximum Gasteiger partial charge on any atom is 0.270 e. The Morgan fingerprint density at radius 3 is 3.00 bits per heavy atom. The van der Waals surface area contributed by atoms with Crippen LogP contribution in [0.5, 0.6) is 0 Å². The van der Waals surface area contributed by atoms with E-state index in [1.54, 1.807) is 18.4 Å². The average molecular weight is 342 g/mol. The van der Waals surface area contributed by atoms with Crippen LogP contribution >= 0.6 is 11.3 Å². The largest absolute Gasteiger partial charge is 0.467 e. The van der Waals surface area contributed by atoms with Crippen molar-refractivity contribution < 1.29 is 9.34 Å².